The van der Waals surface area contributed by atoms with Crippen molar-refractivity contribution in [2.24, 2.45) is 0 Å². The second kappa shape index (κ2) is 5.78. The first-order valence-corrected chi connectivity index (χ1v) is 7.74. The number of carbonyl (C=O) groups is 1. The summed E-state index contributed by atoms with van der Waals surface area (Å²) >= 11 is 2.92. The third kappa shape index (κ3) is 3.56. The van der Waals surface area contributed by atoms with Crippen molar-refractivity contribution >= 4 is 37.6 Å². The van der Waals surface area contributed by atoms with E-state index < -0.39 is 21.8 Å². The minimum Gasteiger partial charge on any atom is -0.477 e. The Morgan fingerprint density at radius 2 is 2.00 bits per heavy atom. The van der Waals surface area contributed by atoms with Gasteiger partial charge in [-0.15, -0.1) is 0 Å². The van der Waals surface area contributed by atoms with Gasteiger partial charge in [-0.1, -0.05) is 0 Å². The number of nitrogens with zero attached hydrogens (tertiary/aromatic N) is 1. The largest absolute Gasteiger partial charge is 0.477 e. The van der Waals surface area contributed by atoms with Gasteiger partial charge in [-0.2, -0.15) is 0 Å². The molecule has 0 bridgehead atoms. The molecule has 0 aliphatic carbocycles. The number of carboxylic acids is 1. The van der Waals surface area contributed by atoms with Gasteiger partial charge in [0, 0.05) is 6.20 Å². The van der Waals surface area contributed by atoms with Crippen LogP contribution in [-0.2, 0) is 10.0 Å². The molecule has 2 aromatic rings. The number of hydrogen-bond donors (Lipinski definition) is 2. The molecule has 6 nitrogen and oxygen atoms in total. The lowest BCUT2D eigenvalue weighted by Gasteiger charge is -2.08. The number of halogens is 2. The highest BCUT2D eigenvalue weighted by molar-refractivity contribution is 9.10. The molecule has 0 amide bonds. The van der Waals surface area contributed by atoms with Gasteiger partial charge in [0.1, 0.15) is 11.5 Å². The lowest BCUT2D eigenvalue weighted by atomic mass is 10.3. The number of sulfonamides is 1. The van der Waals surface area contributed by atoms with Gasteiger partial charge in [-0.05, 0) is 46.3 Å². The summed E-state index contributed by atoms with van der Waals surface area (Å²) in [5, 5.41) is 8.80. The van der Waals surface area contributed by atoms with Gasteiger partial charge < -0.3 is 5.11 Å². The Labute approximate surface area is 127 Å². The molecule has 21 heavy (non-hydrogen) atoms. The van der Waals surface area contributed by atoms with E-state index in [4.69, 9.17) is 5.11 Å². The molecule has 0 aliphatic heterocycles. The van der Waals surface area contributed by atoms with Crippen molar-refractivity contribution < 1.29 is 22.7 Å². The average molecular weight is 375 g/mol. The summed E-state index contributed by atoms with van der Waals surface area (Å²) in [7, 11) is -4.03. The zero-order chi connectivity index (χ0) is 15.6. The van der Waals surface area contributed by atoms with Gasteiger partial charge in [-0.3, -0.25) is 4.72 Å². The van der Waals surface area contributed by atoms with Gasteiger partial charge >= 0.3 is 5.97 Å². The molecule has 0 unspecified atom stereocenters. The van der Waals surface area contributed by atoms with Crippen LogP contribution in [-0.4, -0.2) is 24.5 Å². The Hall–Kier alpha value is -2.00. The Morgan fingerprint density at radius 3 is 2.62 bits per heavy atom. The summed E-state index contributed by atoms with van der Waals surface area (Å²) < 4.78 is 39.9. The fourth-order valence-electron chi connectivity index (χ4n) is 1.47. The van der Waals surface area contributed by atoms with Crippen molar-refractivity contribution in [1.82, 2.24) is 4.98 Å². The lowest BCUT2D eigenvalue weighted by Crippen LogP contribution is -2.14. The maximum absolute atomic E-state index is 13.4. The zero-order valence-corrected chi connectivity index (χ0v) is 12.6. The van der Waals surface area contributed by atoms with Gasteiger partial charge in [-0.25, -0.2) is 22.6 Å². The van der Waals surface area contributed by atoms with Crippen LogP contribution in [0.2, 0.25) is 0 Å². The molecule has 0 radical (unpaired) electrons. The van der Waals surface area contributed by atoms with E-state index in [-0.39, 0.29) is 20.7 Å². The second-order valence-electron chi connectivity index (χ2n) is 3.92. The molecule has 110 valence electrons. The number of rotatable bonds is 4. The number of anilines is 1. The van der Waals surface area contributed by atoms with E-state index >= 15 is 0 Å². The first-order valence-electron chi connectivity index (χ1n) is 5.47. The molecule has 2 rings (SSSR count). The van der Waals surface area contributed by atoms with Crippen LogP contribution < -0.4 is 4.72 Å². The quantitative estimate of drug-likeness (QED) is 0.856. The molecule has 1 heterocycles. The van der Waals surface area contributed by atoms with Gasteiger partial charge in [0.2, 0.25) is 0 Å². The van der Waals surface area contributed by atoms with Crippen molar-refractivity contribution in [2.75, 3.05) is 4.72 Å². The van der Waals surface area contributed by atoms with E-state index in [0.717, 1.165) is 18.3 Å². The van der Waals surface area contributed by atoms with Gasteiger partial charge in [0.15, 0.2) is 0 Å². The summed E-state index contributed by atoms with van der Waals surface area (Å²) in [6.07, 6.45) is 1.16. The van der Waals surface area contributed by atoms with Crippen LogP contribution in [0.15, 0.2) is 45.9 Å². The lowest BCUT2D eigenvalue weighted by molar-refractivity contribution is 0.0690. The van der Waals surface area contributed by atoms with E-state index in [0.29, 0.717) is 0 Å². The molecule has 0 fully saturated rings. The molecule has 1 aromatic carbocycles. The Balaban J connectivity index is 2.35. The van der Waals surface area contributed by atoms with E-state index in [1.165, 1.54) is 18.2 Å². The van der Waals surface area contributed by atoms with Crippen molar-refractivity contribution in [3.8, 4) is 0 Å². The SMILES string of the molecule is O=C(O)c1cc(NS(=O)(=O)c2ccc(Br)c(F)c2)ccn1. The van der Waals surface area contributed by atoms with E-state index in [2.05, 4.69) is 25.6 Å². The third-order valence-electron chi connectivity index (χ3n) is 2.43. The fraction of sp³-hybridized carbons (Fsp3) is 0. The number of aromatic nitrogens is 1. The van der Waals surface area contributed by atoms with Crippen LogP contribution in [0.5, 0.6) is 0 Å². The number of carboxylic acid groups (broad SMARTS) is 1. The minimum atomic E-state index is -4.03. The van der Waals surface area contributed by atoms with Gasteiger partial charge in [0.25, 0.3) is 10.0 Å². The highest BCUT2D eigenvalue weighted by atomic mass is 79.9. The standard InChI is InChI=1S/C12H8BrFN2O4S/c13-9-2-1-8(6-10(9)14)21(19,20)16-7-3-4-15-11(5-7)12(17)18/h1-6H,(H,15,16)(H,17,18). The van der Waals surface area contributed by atoms with Crippen molar-refractivity contribution in [3.63, 3.8) is 0 Å². The van der Waals surface area contributed by atoms with Crippen LogP contribution in [0.3, 0.4) is 0 Å². The molecule has 1 aromatic heterocycles. The van der Waals surface area contributed by atoms with Crippen molar-refractivity contribution in [3.05, 3.63) is 52.5 Å². The molecule has 2 N–H and O–H groups in total. The van der Waals surface area contributed by atoms with Crippen molar-refractivity contribution in [2.45, 2.75) is 4.90 Å². The number of pyridine rings is 1. The topological polar surface area (TPSA) is 96.4 Å². The number of hydrogen-bond acceptors (Lipinski definition) is 4. The first-order chi connectivity index (χ1) is 9.79. The molecular weight excluding hydrogens is 367 g/mol. The first kappa shape index (κ1) is 15.4. The highest BCUT2D eigenvalue weighted by Gasteiger charge is 2.17. The third-order valence-corrected chi connectivity index (χ3v) is 4.45. The number of benzene rings is 1. The van der Waals surface area contributed by atoms with Crippen LogP contribution in [0.25, 0.3) is 0 Å². The van der Waals surface area contributed by atoms with Crippen LogP contribution in [0, 0.1) is 5.82 Å². The van der Waals surface area contributed by atoms with E-state index in [1.807, 2.05) is 0 Å². The molecule has 0 spiro atoms. The number of nitrogens with one attached hydrogen (secondary N) is 1. The summed E-state index contributed by atoms with van der Waals surface area (Å²) in [6.45, 7) is 0. The summed E-state index contributed by atoms with van der Waals surface area (Å²) in [5.41, 5.74) is -0.289. The maximum Gasteiger partial charge on any atom is 0.354 e. The maximum atomic E-state index is 13.4. The summed E-state index contributed by atoms with van der Waals surface area (Å²) in [5.74, 6) is -2.01. The minimum absolute atomic E-state index is 0.0192. The second-order valence-corrected chi connectivity index (χ2v) is 6.45. The Kier molecular flexibility index (Phi) is 4.24. The monoisotopic (exact) mass is 374 g/mol. The smallest absolute Gasteiger partial charge is 0.354 e. The van der Waals surface area contributed by atoms with E-state index in [1.54, 1.807) is 0 Å². The number of aromatic carboxylic acids is 1. The molecule has 0 saturated carbocycles. The van der Waals surface area contributed by atoms with Crippen LogP contribution in [0.4, 0.5) is 10.1 Å². The zero-order valence-electron chi connectivity index (χ0n) is 10.2. The highest BCUT2D eigenvalue weighted by Crippen LogP contribution is 2.21. The molecule has 0 aliphatic rings. The Bertz CT molecular complexity index is 811. The molecule has 0 saturated heterocycles. The van der Waals surface area contributed by atoms with Crippen molar-refractivity contribution in [1.29, 1.82) is 0 Å². The normalized spacial score (nSPS) is 11.1. The molecule has 9 heteroatoms. The molecular formula is C12H8BrFN2O4S. The van der Waals surface area contributed by atoms with Gasteiger partial charge in [0.05, 0.1) is 15.1 Å². The predicted octanol–water partition coefficient (Wildman–Crippen LogP) is 2.48. The molecule has 0 atom stereocenters. The average Bonchev–Trinajstić information content (AvgIpc) is 2.41. The van der Waals surface area contributed by atoms with Crippen LogP contribution in [0.1, 0.15) is 10.5 Å². The van der Waals surface area contributed by atoms with E-state index in [9.17, 15) is 17.6 Å². The summed E-state index contributed by atoms with van der Waals surface area (Å²) in [4.78, 5) is 14.1. The predicted molar refractivity (Wildman–Crippen MR) is 76.1 cm³/mol. The Morgan fingerprint density at radius 1 is 1.29 bits per heavy atom. The van der Waals surface area contributed by atoms with Crippen LogP contribution >= 0.6 is 15.9 Å². The summed E-state index contributed by atoms with van der Waals surface area (Å²) in [6, 6.07) is 5.69. The fourth-order valence-corrected chi connectivity index (χ4v) is 2.78.